The molecule has 0 saturated heterocycles. The molecular formula is C13H17ClN2O3. The van der Waals surface area contributed by atoms with Gasteiger partial charge in [0.25, 0.3) is 5.69 Å². The number of nitro groups is 1. The summed E-state index contributed by atoms with van der Waals surface area (Å²) in [6, 6.07) is 4.91. The largest absolute Gasteiger partial charge is 0.381 e. The third-order valence-electron chi connectivity index (χ3n) is 3.54. The molecule has 1 fully saturated rings. The van der Waals surface area contributed by atoms with E-state index in [-0.39, 0.29) is 5.69 Å². The highest BCUT2D eigenvalue weighted by Crippen LogP contribution is 2.24. The summed E-state index contributed by atoms with van der Waals surface area (Å²) in [5.41, 5.74) is 0.833. The summed E-state index contributed by atoms with van der Waals surface area (Å²) >= 11 is 6.06. The molecule has 1 aromatic rings. The molecule has 104 valence electrons. The number of halogens is 1. The molecule has 0 amide bonds. The SMILES string of the molecule is COC1CCC(NCc2cc([N+](=O)[O-])ccc2Cl)C1. The number of nitro benzene ring substituents is 1. The van der Waals surface area contributed by atoms with E-state index in [1.807, 2.05) is 0 Å². The Morgan fingerprint density at radius 2 is 2.32 bits per heavy atom. The molecule has 5 nitrogen and oxygen atoms in total. The van der Waals surface area contributed by atoms with Crippen LogP contribution < -0.4 is 5.32 Å². The summed E-state index contributed by atoms with van der Waals surface area (Å²) in [4.78, 5) is 10.3. The number of hydrogen-bond acceptors (Lipinski definition) is 4. The molecule has 2 atom stereocenters. The van der Waals surface area contributed by atoms with E-state index in [9.17, 15) is 10.1 Å². The molecule has 1 N–H and O–H groups in total. The van der Waals surface area contributed by atoms with Gasteiger partial charge >= 0.3 is 0 Å². The highest BCUT2D eigenvalue weighted by atomic mass is 35.5. The smallest absolute Gasteiger partial charge is 0.269 e. The highest BCUT2D eigenvalue weighted by Gasteiger charge is 2.24. The van der Waals surface area contributed by atoms with Gasteiger partial charge in [0, 0.05) is 36.9 Å². The number of non-ortho nitro benzene ring substituents is 1. The average molecular weight is 285 g/mol. The van der Waals surface area contributed by atoms with Gasteiger partial charge in [-0.2, -0.15) is 0 Å². The fourth-order valence-electron chi connectivity index (χ4n) is 2.40. The third kappa shape index (κ3) is 3.65. The number of ether oxygens (including phenoxy) is 1. The molecule has 0 aliphatic heterocycles. The fourth-order valence-corrected chi connectivity index (χ4v) is 2.59. The van der Waals surface area contributed by atoms with Crippen molar-refractivity contribution in [2.24, 2.45) is 0 Å². The van der Waals surface area contributed by atoms with Crippen LogP contribution in [0, 0.1) is 10.1 Å². The standard InChI is InChI=1S/C13H17ClN2O3/c1-19-12-4-2-10(7-12)15-8-9-6-11(16(17)18)3-5-13(9)14/h3,5-6,10,12,15H,2,4,7-8H2,1H3. The lowest BCUT2D eigenvalue weighted by atomic mass is 10.1. The fraction of sp³-hybridized carbons (Fsp3) is 0.538. The topological polar surface area (TPSA) is 64.4 Å². The van der Waals surface area contributed by atoms with Crippen LogP contribution in [-0.4, -0.2) is 24.2 Å². The molecule has 0 heterocycles. The molecule has 1 aliphatic rings. The number of rotatable bonds is 5. The second-order valence-electron chi connectivity index (χ2n) is 4.78. The highest BCUT2D eigenvalue weighted by molar-refractivity contribution is 6.31. The molecule has 19 heavy (non-hydrogen) atoms. The summed E-state index contributed by atoms with van der Waals surface area (Å²) in [5.74, 6) is 0. The normalized spacial score (nSPS) is 22.6. The van der Waals surface area contributed by atoms with E-state index in [2.05, 4.69) is 5.32 Å². The van der Waals surface area contributed by atoms with Gasteiger partial charge in [-0.05, 0) is 30.9 Å². The molecule has 0 aromatic heterocycles. The van der Waals surface area contributed by atoms with Crippen LogP contribution in [0.4, 0.5) is 5.69 Å². The lowest BCUT2D eigenvalue weighted by molar-refractivity contribution is -0.384. The zero-order valence-electron chi connectivity index (χ0n) is 10.8. The predicted octanol–water partition coefficient (Wildman–Crippen LogP) is 2.91. The molecule has 0 bridgehead atoms. The summed E-state index contributed by atoms with van der Waals surface area (Å²) < 4.78 is 5.31. The molecule has 1 saturated carbocycles. The molecule has 1 aromatic carbocycles. The van der Waals surface area contributed by atoms with E-state index in [4.69, 9.17) is 16.3 Å². The van der Waals surface area contributed by atoms with E-state index in [1.54, 1.807) is 13.2 Å². The first kappa shape index (κ1) is 14.2. The Hall–Kier alpha value is -1.17. The van der Waals surface area contributed by atoms with Crippen molar-refractivity contribution in [3.8, 4) is 0 Å². The number of nitrogens with one attached hydrogen (secondary N) is 1. The van der Waals surface area contributed by atoms with Crippen LogP contribution in [0.3, 0.4) is 0 Å². The maximum atomic E-state index is 10.7. The molecule has 6 heteroatoms. The minimum Gasteiger partial charge on any atom is -0.381 e. The molecule has 2 unspecified atom stereocenters. The van der Waals surface area contributed by atoms with Crippen molar-refractivity contribution in [3.63, 3.8) is 0 Å². The summed E-state index contributed by atoms with van der Waals surface area (Å²) in [6.45, 7) is 0.543. The van der Waals surface area contributed by atoms with Gasteiger partial charge in [0.1, 0.15) is 0 Å². The number of nitrogens with zero attached hydrogens (tertiary/aromatic N) is 1. The van der Waals surface area contributed by atoms with Gasteiger partial charge in [0.15, 0.2) is 0 Å². The van der Waals surface area contributed by atoms with E-state index in [0.29, 0.717) is 23.7 Å². The quantitative estimate of drug-likeness (QED) is 0.667. The van der Waals surface area contributed by atoms with Gasteiger partial charge in [-0.25, -0.2) is 0 Å². The van der Waals surface area contributed by atoms with Crippen molar-refractivity contribution in [1.29, 1.82) is 0 Å². The van der Waals surface area contributed by atoms with Gasteiger partial charge in [0.2, 0.25) is 0 Å². The van der Waals surface area contributed by atoms with Crippen LogP contribution in [0.5, 0.6) is 0 Å². The van der Waals surface area contributed by atoms with Crippen LogP contribution in [0.1, 0.15) is 24.8 Å². The third-order valence-corrected chi connectivity index (χ3v) is 3.91. The Morgan fingerprint density at radius 1 is 1.53 bits per heavy atom. The summed E-state index contributed by atoms with van der Waals surface area (Å²) in [5, 5.41) is 14.7. The van der Waals surface area contributed by atoms with E-state index < -0.39 is 4.92 Å². The molecule has 0 radical (unpaired) electrons. The first-order valence-electron chi connectivity index (χ1n) is 6.29. The number of benzene rings is 1. The van der Waals surface area contributed by atoms with Gasteiger partial charge in [0.05, 0.1) is 11.0 Å². The summed E-state index contributed by atoms with van der Waals surface area (Å²) in [6.07, 6.45) is 3.41. The second-order valence-corrected chi connectivity index (χ2v) is 5.19. The van der Waals surface area contributed by atoms with Crippen molar-refractivity contribution in [2.75, 3.05) is 7.11 Å². The minimum atomic E-state index is -0.406. The van der Waals surface area contributed by atoms with Gasteiger partial charge in [-0.1, -0.05) is 11.6 Å². The minimum absolute atomic E-state index is 0.0717. The molecule has 1 aliphatic carbocycles. The van der Waals surface area contributed by atoms with Crippen molar-refractivity contribution in [2.45, 2.75) is 38.0 Å². The molecule has 0 spiro atoms. The van der Waals surface area contributed by atoms with Gasteiger partial charge in [-0.3, -0.25) is 10.1 Å². The zero-order chi connectivity index (χ0) is 13.8. The van der Waals surface area contributed by atoms with E-state index >= 15 is 0 Å². The maximum Gasteiger partial charge on any atom is 0.269 e. The van der Waals surface area contributed by atoms with Crippen molar-refractivity contribution in [3.05, 3.63) is 38.9 Å². The lowest BCUT2D eigenvalue weighted by Crippen LogP contribution is -2.26. The maximum absolute atomic E-state index is 10.7. The monoisotopic (exact) mass is 284 g/mol. The average Bonchev–Trinajstić information content (AvgIpc) is 2.85. The van der Waals surface area contributed by atoms with Crippen LogP contribution in [0.15, 0.2) is 18.2 Å². The van der Waals surface area contributed by atoms with Crippen LogP contribution in [-0.2, 0) is 11.3 Å². The molecular weight excluding hydrogens is 268 g/mol. The Morgan fingerprint density at radius 3 is 2.95 bits per heavy atom. The predicted molar refractivity (Wildman–Crippen MR) is 73.4 cm³/mol. The second kappa shape index (κ2) is 6.32. The Kier molecular flexibility index (Phi) is 4.74. The van der Waals surface area contributed by atoms with Crippen molar-refractivity contribution >= 4 is 17.3 Å². The summed E-state index contributed by atoms with van der Waals surface area (Å²) in [7, 11) is 1.73. The Labute approximate surface area is 117 Å². The van der Waals surface area contributed by atoms with Crippen LogP contribution in [0.2, 0.25) is 5.02 Å². The van der Waals surface area contributed by atoms with E-state index in [0.717, 1.165) is 24.8 Å². The number of hydrogen-bond donors (Lipinski definition) is 1. The first-order chi connectivity index (χ1) is 9.10. The lowest BCUT2D eigenvalue weighted by Gasteiger charge is -2.13. The molecule has 2 rings (SSSR count). The van der Waals surface area contributed by atoms with Gasteiger partial charge < -0.3 is 10.1 Å². The van der Waals surface area contributed by atoms with Crippen LogP contribution >= 0.6 is 11.6 Å². The Bertz CT molecular complexity index is 467. The van der Waals surface area contributed by atoms with E-state index in [1.165, 1.54) is 12.1 Å². The zero-order valence-corrected chi connectivity index (χ0v) is 11.5. The first-order valence-corrected chi connectivity index (χ1v) is 6.67. The Balaban J connectivity index is 1.96. The van der Waals surface area contributed by atoms with Crippen molar-refractivity contribution < 1.29 is 9.66 Å². The van der Waals surface area contributed by atoms with Gasteiger partial charge in [-0.15, -0.1) is 0 Å². The van der Waals surface area contributed by atoms with Crippen molar-refractivity contribution in [1.82, 2.24) is 5.32 Å². The number of methoxy groups -OCH3 is 1. The van der Waals surface area contributed by atoms with Crippen LogP contribution in [0.25, 0.3) is 0 Å².